The van der Waals surface area contributed by atoms with Gasteiger partial charge in [0.25, 0.3) is 0 Å². The molecule has 98 valence electrons. The molecule has 1 fully saturated rings. The Morgan fingerprint density at radius 2 is 1.94 bits per heavy atom. The highest BCUT2D eigenvalue weighted by Gasteiger charge is 2.13. The number of hydrogen-bond acceptors (Lipinski definition) is 3. The van der Waals surface area contributed by atoms with Gasteiger partial charge in [-0.1, -0.05) is 6.92 Å². The van der Waals surface area contributed by atoms with Gasteiger partial charge in [-0.05, 0) is 43.0 Å². The zero-order chi connectivity index (χ0) is 12.8. The molecule has 1 N–H and O–H groups in total. The molecule has 0 radical (unpaired) electrons. The van der Waals surface area contributed by atoms with Gasteiger partial charge in [-0.3, -0.25) is 4.79 Å². The van der Waals surface area contributed by atoms with E-state index in [0.29, 0.717) is 12.3 Å². The molecule has 18 heavy (non-hydrogen) atoms. The monoisotopic (exact) mass is 247 g/mol. The van der Waals surface area contributed by atoms with Crippen molar-refractivity contribution in [2.45, 2.75) is 26.2 Å². The lowest BCUT2D eigenvalue weighted by Crippen LogP contribution is -2.22. The molecule has 1 aliphatic heterocycles. The Hall–Kier alpha value is -1.35. The van der Waals surface area contributed by atoms with Gasteiger partial charge in [0, 0.05) is 37.4 Å². The molecular formula is C15H21NO2. The maximum absolute atomic E-state index is 11.5. The summed E-state index contributed by atoms with van der Waals surface area (Å²) in [4.78, 5) is 11.5. The molecule has 3 nitrogen and oxygen atoms in total. The molecule has 0 saturated carbocycles. The van der Waals surface area contributed by atoms with Crippen LogP contribution in [0.4, 0.5) is 5.69 Å². The Labute approximate surface area is 109 Å². The van der Waals surface area contributed by atoms with Gasteiger partial charge in [0.1, 0.15) is 0 Å². The van der Waals surface area contributed by atoms with Gasteiger partial charge in [0.05, 0.1) is 0 Å². The number of carbonyl (C=O) groups excluding carboxylic acids is 1. The molecule has 1 aliphatic rings. The first kappa shape index (κ1) is 13.1. The molecule has 0 bridgehead atoms. The van der Waals surface area contributed by atoms with Gasteiger partial charge in [0.15, 0.2) is 5.78 Å². The molecule has 1 saturated heterocycles. The number of rotatable bonds is 5. The van der Waals surface area contributed by atoms with Crippen LogP contribution in [0.3, 0.4) is 0 Å². The summed E-state index contributed by atoms with van der Waals surface area (Å²) in [5.74, 6) is 0.904. The van der Waals surface area contributed by atoms with E-state index in [2.05, 4.69) is 5.32 Å². The fraction of sp³-hybridized carbons (Fsp3) is 0.533. The van der Waals surface area contributed by atoms with Gasteiger partial charge in [-0.2, -0.15) is 0 Å². The lowest BCUT2D eigenvalue weighted by molar-refractivity contribution is 0.0699. The van der Waals surface area contributed by atoms with E-state index < -0.39 is 0 Å². The van der Waals surface area contributed by atoms with Gasteiger partial charge in [0.2, 0.25) is 0 Å². The first-order valence-corrected chi connectivity index (χ1v) is 6.74. The zero-order valence-corrected chi connectivity index (χ0v) is 10.9. The predicted molar refractivity (Wildman–Crippen MR) is 73.1 cm³/mol. The first-order valence-electron chi connectivity index (χ1n) is 6.74. The van der Waals surface area contributed by atoms with Crippen LogP contribution in [0.15, 0.2) is 24.3 Å². The summed E-state index contributed by atoms with van der Waals surface area (Å²) in [7, 11) is 0. The standard InChI is InChI=1S/C15H21NO2/c1-2-15(17)13-3-5-14(6-4-13)16-11-12-7-9-18-10-8-12/h3-6,12,16H,2,7-11H2,1H3. The zero-order valence-electron chi connectivity index (χ0n) is 10.9. The minimum Gasteiger partial charge on any atom is -0.385 e. The van der Waals surface area contributed by atoms with Gasteiger partial charge in [-0.15, -0.1) is 0 Å². The minimum atomic E-state index is 0.200. The number of ether oxygens (including phenoxy) is 1. The predicted octanol–water partition coefficient (Wildman–Crippen LogP) is 3.12. The highest BCUT2D eigenvalue weighted by atomic mass is 16.5. The molecule has 0 spiro atoms. The Morgan fingerprint density at radius 3 is 2.56 bits per heavy atom. The van der Waals surface area contributed by atoms with Crippen LogP contribution in [-0.4, -0.2) is 25.5 Å². The van der Waals surface area contributed by atoms with Crippen molar-refractivity contribution in [1.29, 1.82) is 0 Å². The Balaban J connectivity index is 1.84. The number of anilines is 1. The van der Waals surface area contributed by atoms with Crippen molar-refractivity contribution in [3.63, 3.8) is 0 Å². The maximum Gasteiger partial charge on any atom is 0.162 e. The molecule has 0 atom stereocenters. The van der Waals surface area contributed by atoms with Crippen LogP contribution in [-0.2, 0) is 4.74 Å². The Kier molecular flexibility index (Phi) is 4.76. The average Bonchev–Trinajstić information content (AvgIpc) is 2.46. The summed E-state index contributed by atoms with van der Waals surface area (Å²) in [6.45, 7) is 4.65. The Bertz CT molecular complexity index is 380. The third kappa shape index (κ3) is 3.57. The van der Waals surface area contributed by atoms with E-state index in [1.807, 2.05) is 31.2 Å². The first-order chi connectivity index (χ1) is 8.79. The second-order valence-electron chi connectivity index (χ2n) is 4.79. The topological polar surface area (TPSA) is 38.3 Å². The van der Waals surface area contributed by atoms with Crippen molar-refractivity contribution in [1.82, 2.24) is 0 Å². The molecule has 0 aliphatic carbocycles. The third-order valence-corrected chi connectivity index (χ3v) is 3.46. The minimum absolute atomic E-state index is 0.200. The van der Waals surface area contributed by atoms with E-state index in [1.165, 1.54) is 0 Å². The van der Waals surface area contributed by atoms with Crippen LogP contribution in [0.25, 0.3) is 0 Å². The quantitative estimate of drug-likeness (QED) is 0.812. The molecule has 1 heterocycles. The van der Waals surface area contributed by atoms with Crippen LogP contribution >= 0.6 is 0 Å². The molecule has 2 rings (SSSR count). The number of carbonyl (C=O) groups is 1. The van der Waals surface area contributed by atoms with E-state index in [-0.39, 0.29) is 5.78 Å². The van der Waals surface area contributed by atoms with Crippen LogP contribution in [0.2, 0.25) is 0 Å². The second kappa shape index (κ2) is 6.55. The number of hydrogen-bond donors (Lipinski definition) is 1. The summed E-state index contributed by atoms with van der Waals surface area (Å²) in [5, 5.41) is 3.43. The van der Waals surface area contributed by atoms with E-state index >= 15 is 0 Å². The lowest BCUT2D eigenvalue weighted by atomic mass is 10.0. The second-order valence-corrected chi connectivity index (χ2v) is 4.79. The maximum atomic E-state index is 11.5. The molecule has 0 aromatic heterocycles. The fourth-order valence-corrected chi connectivity index (χ4v) is 2.19. The smallest absolute Gasteiger partial charge is 0.162 e. The van der Waals surface area contributed by atoms with Crippen molar-refractivity contribution in [2.75, 3.05) is 25.1 Å². The van der Waals surface area contributed by atoms with Crippen LogP contribution in [0.1, 0.15) is 36.5 Å². The van der Waals surface area contributed by atoms with Crippen LogP contribution in [0.5, 0.6) is 0 Å². The lowest BCUT2D eigenvalue weighted by Gasteiger charge is -2.22. The fourth-order valence-electron chi connectivity index (χ4n) is 2.19. The highest BCUT2D eigenvalue weighted by Crippen LogP contribution is 2.17. The number of benzene rings is 1. The van der Waals surface area contributed by atoms with Gasteiger partial charge in [-0.25, -0.2) is 0 Å². The van der Waals surface area contributed by atoms with E-state index in [4.69, 9.17) is 4.74 Å². The van der Waals surface area contributed by atoms with Crippen molar-refractivity contribution in [3.05, 3.63) is 29.8 Å². The summed E-state index contributed by atoms with van der Waals surface area (Å²) in [5.41, 5.74) is 1.89. The summed E-state index contributed by atoms with van der Waals surface area (Å²) in [6.07, 6.45) is 2.84. The molecule has 1 aromatic carbocycles. The average molecular weight is 247 g/mol. The molecule has 0 amide bonds. The number of ketones is 1. The molecule has 3 heteroatoms. The number of Topliss-reactive ketones (excluding diaryl/α,β-unsaturated/α-hetero) is 1. The summed E-state index contributed by atoms with van der Waals surface area (Å²) in [6, 6.07) is 7.78. The molecular weight excluding hydrogens is 226 g/mol. The third-order valence-electron chi connectivity index (χ3n) is 3.46. The summed E-state index contributed by atoms with van der Waals surface area (Å²) >= 11 is 0. The Morgan fingerprint density at radius 1 is 1.28 bits per heavy atom. The van der Waals surface area contributed by atoms with Crippen molar-refractivity contribution < 1.29 is 9.53 Å². The molecule has 0 unspecified atom stereocenters. The van der Waals surface area contributed by atoms with Crippen molar-refractivity contribution >= 4 is 11.5 Å². The normalized spacial score (nSPS) is 16.5. The van der Waals surface area contributed by atoms with E-state index in [0.717, 1.165) is 43.9 Å². The van der Waals surface area contributed by atoms with Crippen molar-refractivity contribution in [2.24, 2.45) is 5.92 Å². The SMILES string of the molecule is CCC(=O)c1ccc(NCC2CCOCC2)cc1. The van der Waals surface area contributed by atoms with Gasteiger partial charge < -0.3 is 10.1 Å². The van der Waals surface area contributed by atoms with Crippen molar-refractivity contribution in [3.8, 4) is 0 Å². The summed E-state index contributed by atoms with van der Waals surface area (Å²) < 4.78 is 5.34. The highest BCUT2D eigenvalue weighted by molar-refractivity contribution is 5.96. The van der Waals surface area contributed by atoms with Gasteiger partial charge >= 0.3 is 0 Å². The molecule has 1 aromatic rings. The van der Waals surface area contributed by atoms with Crippen LogP contribution < -0.4 is 5.32 Å². The van der Waals surface area contributed by atoms with E-state index in [1.54, 1.807) is 0 Å². The number of nitrogens with one attached hydrogen (secondary N) is 1. The van der Waals surface area contributed by atoms with E-state index in [9.17, 15) is 4.79 Å². The van der Waals surface area contributed by atoms with Crippen LogP contribution in [0, 0.1) is 5.92 Å². The largest absolute Gasteiger partial charge is 0.385 e.